The van der Waals surface area contributed by atoms with Crippen LogP contribution in [0.1, 0.15) is 5.56 Å². The minimum Gasteiger partial charge on any atom is -0.355 e. The summed E-state index contributed by atoms with van der Waals surface area (Å²) in [6, 6.07) is 32.4. The van der Waals surface area contributed by atoms with Gasteiger partial charge in [-0.3, -0.25) is 0 Å². The Morgan fingerprint density at radius 3 is 1.58 bits per heavy atom. The van der Waals surface area contributed by atoms with Crippen LogP contribution in [0.4, 0.5) is 11.4 Å². The lowest BCUT2D eigenvalue weighted by Crippen LogP contribution is -1.95. The maximum absolute atomic E-state index is 3.67. The second-order valence-corrected chi connectivity index (χ2v) is 6.76. The molecule has 0 amide bonds. The topological polar surface area (TPSA) is 12.0 Å². The summed E-state index contributed by atoms with van der Waals surface area (Å²) in [5.41, 5.74) is 3.55. The molecule has 0 unspecified atom stereocenters. The van der Waals surface area contributed by atoms with Crippen molar-refractivity contribution < 1.29 is 0 Å². The summed E-state index contributed by atoms with van der Waals surface area (Å²) in [5.74, 6) is 0. The summed E-state index contributed by atoms with van der Waals surface area (Å²) >= 11 is 0. The third kappa shape index (κ3) is 2.25. The minimum absolute atomic E-state index is 1.15. The van der Waals surface area contributed by atoms with E-state index in [0.717, 1.165) is 11.4 Å². The number of anilines is 2. The molecule has 0 aromatic heterocycles. The van der Waals surface area contributed by atoms with Gasteiger partial charge in [0.1, 0.15) is 0 Å². The van der Waals surface area contributed by atoms with Crippen molar-refractivity contribution in [1.82, 2.24) is 0 Å². The first-order valence-corrected chi connectivity index (χ1v) is 8.98. The molecule has 0 fully saturated rings. The molecule has 1 heteroatoms. The Hall–Kier alpha value is -3.32. The van der Waals surface area contributed by atoms with Crippen molar-refractivity contribution in [2.24, 2.45) is 0 Å². The van der Waals surface area contributed by atoms with Crippen LogP contribution in [-0.2, 0) is 0 Å². The Kier molecular flexibility index (Phi) is 3.39. The van der Waals surface area contributed by atoms with Crippen LogP contribution in [0.5, 0.6) is 0 Å². The van der Waals surface area contributed by atoms with Gasteiger partial charge < -0.3 is 5.32 Å². The van der Waals surface area contributed by atoms with Crippen molar-refractivity contribution in [3.63, 3.8) is 0 Å². The number of fused-ring (bicyclic) bond motifs is 6. The molecule has 0 spiro atoms. The third-order valence-corrected chi connectivity index (χ3v) is 5.18. The average Bonchev–Trinajstić information content (AvgIpc) is 2.70. The molecule has 0 atom stereocenters. The lowest BCUT2D eigenvalue weighted by molar-refractivity contribution is 1.44. The largest absolute Gasteiger partial charge is 0.355 e. The van der Waals surface area contributed by atoms with E-state index in [9.17, 15) is 0 Å². The van der Waals surface area contributed by atoms with Crippen LogP contribution in [0.25, 0.3) is 32.3 Å². The zero-order chi connectivity index (χ0) is 17.5. The molecule has 5 rings (SSSR count). The van der Waals surface area contributed by atoms with Gasteiger partial charge in [-0.2, -0.15) is 0 Å². The molecule has 0 aliphatic heterocycles. The highest BCUT2D eigenvalue weighted by Crippen LogP contribution is 2.39. The summed E-state index contributed by atoms with van der Waals surface area (Å²) in [4.78, 5) is 0. The molecule has 5 aromatic rings. The molecule has 26 heavy (non-hydrogen) atoms. The highest BCUT2D eigenvalue weighted by molar-refractivity contribution is 6.28. The normalized spacial score (nSPS) is 11.3. The third-order valence-electron chi connectivity index (χ3n) is 5.18. The highest BCUT2D eigenvalue weighted by atomic mass is 14.9. The van der Waals surface area contributed by atoms with Crippen molar-refractivity contribution in [2.75, 3.05) is 5.32 Å². The van der Waals surface area contributed by atoms with Crippen LogP contribution in [0, 0.1) is 6.92 Å². The molecule has 124 valence electrons. The average molecular weight is 333 g/mol. The summed E-state index contributed by atoms with van der Waals surface area (Å²) in [6.45, 7) is 2.14. The van der Waals surface area contributed by atoms with E-state index in [1.165, 1.54) is 37.9 Å². The maximum atomic E-state index is 3.67. The predicted octanol–water partition coefficient (Wildman–Crippen LogP) is 7.20. The van der Waals surface area contributed by atoms with Crippen molar-refractivity contribution in [1.29, 1.82) is 0 Å². The molecule has 0 radical (unpaired) electrons. The fraction of sp³-hybridized carbons (Fsp3) is 0.0400. The summed E-state index contributed by atoms with van der Waals surface area (Å²) in [5, 5.41) is 11.4. The van der Waals surface area contributed by atoms with Crippen molar-refractivity contribution in [2.45, 2.75) is 6.92 Å². The van der Waals surface area contributed by atoms with Gasteiger partial charge in [-0.25, -0.2) is 0 Å². The van der Waals surface area contributed by atoms with Gasteiger partial charge in [0.05, 0.1) is 0 Å². The standard InChI is InChI=1S/C25H19N/c1-17-9-2-7-15-23(17)26-24-16-8-14-22-20-11-4-3-10-18(20)19-12-5-6-13-21(19)25(22)24/h2-16,26H,1H3. The van der Waals surface area contributed by atoms with E-state index < -0.39 is 0 Å². The van der Waals surface area contributed by atoms with Gasteiger partial charge in [0.2, 0.25) is 0 Å². The molecule has 1 N–H and O–H groups in total. The minimum atomic E-state index is 1.15. The molecule has 0 saturated carbocycles. The van der Waals surface area contributed by atoms with Crippen LogP contribution < -0.4 is 5.32 Å². The van der Waals surface area contributed by atoms with Gasteiger partial charge in [-0.05, 0) is 51.6 Å². The van der Waals surface area contributed by atoms with E-state index in [2.05, 4.69) is 103 Å². The highest BCUT2D eigenvalue weighted by Gasteiger charge is 2.11. The molecule has 0 saturated heterocycles. The lowest BCUT2D eigenvalue weighted by Gasteiger charge is -2.16. The Balaban J connectivity index is 1.90. The Morgan fingerprint density at radius 2 is 0.923 bits per heavy atom. The number of hydrogen-bond acceptors (Lipinski definition) is 1. The lowest BCUT2D eigenvalue weighted by atomic mass is 9.93. The second-order valence-electron chi connectivity index (χ2n) is 6.76. The first kappa shape index (κ1) is 15.0. The number of hydrogen-bond donors (Lipinski definition) is 1. The molecule has 1 nitrogen and oxygen atoms in total. The van der Waals surface area contributed by atoms with Crippen molar-refractivity contribution in [3.8, 4) is 0 Å². The Morgan fingerprint density at radius 1 is 0.462 bits per heavy atom. The van der Waals surface area contributed by atoms with E-state index >= 15 is 0 Å². The van der Waals surface area contributed by atoms with Crippen molar-refractivity contribution >= 4 is 43.7 Å². The molecule has 0 aliphatic rings. The quantitative estimate of drug-likeness (QED) is 0.337. The molecule has 5 aromatic carbocycles. The van der Waals surface area contributed by atoms with E-state index in [0.29, 0.717) is 0 Å². The monoisotopic (exact) mass is 333 g/mol. The second kappa shape index (κ2) is 5.89. The fourth-order valence-corrected chi connectivity index (χ4v) is 3.92. The van der Waals surface area contributed by atoms with Gasteiger partial charge in [-0.1, -0.05) is 78.9 Å². The SMILES string of the molecule is Cc1ccccc1Nc1cccc2c3ccccc3c3ccccc3c12. The van der Waals surface area contributed by atoms with Crippen LogP contribution in [-0.4, -0.2) is 0 Å². The summed E-state index contributed by atoms with van der Waals surface area (Å²) in [6.07, 6.45) is 0. The molecule has 0 aliphatic carbocycles. The fourth-order valence-electron chi connectivity index (χ4n) is 3.92. The van der Waals surface area contributed by atoms with Gasteiger partial charge in [0.25, 0.3) is 0 Å². The van der Waals surface area contributed by atoms with Crippen LogP contribution in [0.3, 0.4) is 0 Å². The van der Waals surface area contributed by atoms with Gasteiger partial charge >= 0.3 is 0 Å². The van der Waals surface area contributed by atoms with E-state index in [-0.39, 0.29) is 0 Å². The Bertz CT molecular complexity index is 1220. The maximum Gasteiger partial charge on any atom is 0.0470 e. The molecular formula is C25H19N. The smallest absolute Gasteiger partial charge is 0.0470 e. The first-order valence-electron chi connectivity index (χ1n) is 8.98. The number of nitrogens with one attached hydrogen (secondary N) is 1. The van der Waals surface area contributed by atoms with Gasteiger partial charge in [-0.15, -0.1) is 0 Å². The summed E-state index contributed by atoms with van der Waals surface area (Å²) < 4.78 is 0. The zero-order valence-corrected chi connectivity index (χ0v) is 14.7. The van der Waals surface area contributed by atoms with Gasteiger partial charge in [0, 0.05) is 16.8 Å². The van der Waals surface area contributed by atoms with Crippen LogP contribution in [0.2, 0.25) is 0 Å². The van der Waals surface area contributed by atoms with Crippen LogP contribution in [0.15, 0.2) is 91.0 Å². The molecule has 0 bridgehead atoms. The molecule has 0 heterocycles. The number of para-hydroxylation sites is 1. The number of aryl methyl sites for hydroxylation is 1. The predicted molar refractivity (Wildman–Crippen MR) is 113 cm³/mol. The van der Waals surface area contributed by atoms with E-state index in [4.69, 9.17) is 0 Å². The first-order chi connectivity index (χ1) is 12.8. The number of rotatable bonds is 2. The number of benzene rings is 5. The zero-order valence-electron chi connectivity index (χ0n) is 14.7. The van der Waals surface area contributed by atoms with Gasteiger partial charge in [0.15, 0.2) is 0 Å². The van der Waals surface area contributed by atoms with Crippen LogP contribution >= 0.6 is 0 Å². The van der Waals surface area contributed by atoms with E-state index in [1.807, 2.05) is 0 Å². The summed E-state index contributed by atoms with van der Waals surface area (Å²) in [7, 11) is 0. The molecular weight excluding hydrogens is 314 g/mol. The Labute approximate surface area is 152 Å². The van der Waals surface area contributed by atoms with E-state index in [1.54, 1.807) is 0 Å². The van der Waals surface area contributed by atoms with Crippen molar-refractivity contribution in [3.05, 3.63) is 96.6 Å².